The average molecular weight is 238 g/mol. The van der Waals surface area contributed by atoms with Crippen LogP contribution in [0, 0.1) is 0 Å². The molecule has 17 heavy (non-hydrogen) atoms. The molecule has 0 aromatic carbocycles. The zero-order valence-electron chi connectivity index (χ0n) is 10.3. The Labute approximate surface area is 101 Å². The normalized spacial score (nSPS) is 10.2. The van der Waals surface area contributed by atoms with Gasteiger partial charge in [0.05, 0.1) is 25.6 Å². The smallest absolute Gasteiger partial charge is 0.306 e. The number of aryl methyl sites for hydroxylation is 1. The third-order valence-corrected chi connectivity index (χ3v) is 2.32. The summed E-state index contributed by atoms with van der Waals surface area (Å²) in [7, 11) is 0. The zero-order valence-corrected chi connectivity index (χ0v) is 10.3. The van der Waals surface area contributed by atoms with Crippen LogP contribution in [0.5, 0.6) is 0 Å². The Kier molecular flexibility index (Phi) is 5.39. The van der Waals surface area contributed by atoms with Crippen LogP contribution in [0.3, 0.4) is 0 Å². The fourth-order valence-corrected chi connectivity index (χ4v) is 1.55. The number of imidazole rings is 1. The molecule has 1 rings (SSSR count). The van der Waals surface area contributed by atoms with Crippen LogP contribution in [0.25, 0.3) is 0 Å². The Bertz CT molecular complexity index is 385. The van der Waals surface area contributed by atoms with Crippen LogP contribution >= 0.6 is 0 Å². The van der Waals surface area contributed by atoms with E-state index in [4.69, 9.17) is 4.74 Å². The van der Waals surface area contributed by atoms with E-state index < -0.39 is 0 Å². The number of aromatic nitrogens is 2. The van der Waals surface area contributed by atoms with Gasteiger partial charge in [-0.05, 0) is 13.3 Å². The van der Waals surface area contributed by atoms with Gasteiger partial charge in [-0.1, -0.05) is 6.92 Å². The van der Waals surface area contributed by atoms with Gasteiger partial charge < -0.3 is 9.30 Å². The average Bonchev–Trinajstić information content (AvgIpc) is 2.75. The standard InChI is InChI=1S/C12H18N2O3/c1-3-7-14-9-13-8-10(14)11(15)5-6-12(16)17-4-2/h8-9H,3-7H2,1-2H3. The van der Waals surface area contributed by atoms with Crippen LogP contribution < -0.4 is 0 Å². The molecule has 5 nitrogen and oxygen atoms in total. The van der Waals surface area contributed by atoms with E-state index in [-0.39, 0.29) is 24.6 Å². The van der Waals surface area contributed by atoms with E-state index in [1.165, 1.54) is 0 Å². The molecule has 94 valence electrons. The van der Waals surface area contributed by atoms with E-state index in [0.29, 0.717) is 12.3 Å². The Morgan fingerprint density at radius 2 is 2.12 bits per heavy atom. The number of nitrogens with zero attached hydrogens (tertiary/aromatic N) is 2. The number of carbonyl (C=O) groups excluding carboxylic acids is 2. The van der Waals surface area contributed by atoms with Crippen molar-refractivity contribution < 1.29 is 14.3 Å². The van der Waals surface area contributed by atoms with E-state index >= 15 is 0 Å². The van der Waals surface area contributed by atoms with Crippen LogP contribution in [0.15, 0.2) is 12.5 Å². The highest BCUT2D eigenvalue weighted by molar-refractivity contribution is 5.95. The van der Waals surface area contributed by atoms with Crippen LogP contribution in [-0.4, -0.2) is 27.9 Å². The summed E-state index contributed by atoms with van der Waals surface area (Å²) in [5.74, 6) is -0.397. The van der Waals surface area contributed by atoms with Gasteiger partial charge in [0.15, 0.2) is 5.78 Å². The van der Waals surface area contributed by atoms with Gasteiger partial charge in [0.1, 0.15) is 5.69 Å². The van der Waals surface area contributed by atoms with Gasteiger partial charge in [-0.25, -0.2) is 4.98 Å². The molecule has 0 atom stereocenters. The Morgan fingerprint density at radius 3 is 2.76 bits per heavy atom. The number of hydrogen-bond donors (Lipinski definition) is 0. The molecular formula is C12H18N2O3. The summed E-state index contributed by atoms with van der Waals surface area (Å²) in [4.78, 5) is 26.9. The van der Waals surface area contributed by atoms with Crippen molar-refractivity contribution in [3.8, 4) is 0 Å². The number of rotatable bonds is 7. The van der Waals surface area contributed by atoms with E-state index in [0.717, 1.165) is 13.0 Å². The van der Waals surface area contributed by atoms with Gasteiger partial charge in [-0.2, -0.15) is 0 Å². The summed E-state index contributed by atoms with van der Waals surface area (Å²) in [5, 5.41) is 0. The molecule has 0 radical (unpaired) electrons. The SMILES string of the molecule is CCCn1cncc1C(=O)CCC(=O)OCC. The van der Waals surface area contributed by atoms with Crippen LogP contribution in [-0.2, 0) is 16.1 Å². The van der Waals surface area contributed by atoms with Gasteiger partial charge in [0, 0.05) is 13.0 Å². The van der Waals surface area contributed by atoms with Crippen molar-refractivity contribution in [3.05, 3.63) is 18.2 Å². The second-order valence-electron chi connectivity index (χ2n) is 3.70. The van der Waals surface area contributed by atoms with Gasteiger partial charge in [0.25, 0.3) is 0 Å². The number of ketones is 1. The van der Waals surface area contributed by atoms with Crippen molar-refractivity contribution in [3.63, 3.8) is 0 Å². The highest BCUT2D eigenvalue weighted by Crippen LogP contribution is 2.07. The maximum atomic E-state index is 11.8. The van der Waals surface area contributed by atoms with Crippen LogP contribution in [0.1, 0.15) is 43.6 Å². The van der Waals surface area contributed by atoms with Crippen LogP contribution in [0.2, 0.25) is 0 Å². The molecule has 0 unspecified atom stereocenters. The molecule has 5 heteroatoms. The molecule has 0 fully saturated rings. The topological polar surface area (TPSA) is 61.2 Å². The summed E-state index contributed by atoms with van der Waals surface area (Å²) in [5.41, 5.74) is 0.566. The van der Waals surface area contributed by atoms with Gasteiger partial charge in [-0.3, -0.25) is 9.59 Å². The highest BCUT2D eigenvalue weighted by Gasteiger charge is 2.13. The van der Waals surface area contributed by atoms with Crippen molar-refractivity contribution in [2.45, 2.75) is 39.7 Å². The number of hydrogen-bond acceptors (Lipinski definition) is 4. The molecule has 0 spiro atoms. The molecule has 0 amide bonds. The second-order valence-corrected chi connectivity index (χ2v) is 3.70. The molecule has 0 N–H and O–H groups in total. The first kappa shape index (κ1) is 13.4. The Hall–Kier alpha value is -1.65. The summed E-state index contributed by atoms with van der Waals surface area (Å²) < 4.78 is 6.59. The lowest BCUT2D eigenvalue weighted by Gasteiger charge is -2.05. The minimum atomic E-state index is -0.331. The molecule has 0 aliphatic carbocycles. The summed E-state index contributed by atoms with van der Waals surface area (Å²) in [6.45, 7) is 4.89. The molecule has 0 bridgehead atoms. The first-order valence-electron chi connectivity index (χ1n) is 5.88. The van der Waals surface area contributed by atoms with Crippen molar-refractivity contribution in [2.75, 3.05) is 6.61 Å². The summed E-state index contributed by atoms with van der Waals surface area (Å²) in [6, 6.07) is 0. The summed E-state index contributed by atoms with van der Waals surface area (Å²) in [6.07, 6.45) is 4.43. The number of carbonyl (C=O) groups is 2. The predicted octanol–water partition coefficient (Wildman–Crippen LogP) is 1.82. The quantitative estimate of drug-likeness (QED) is 0.537. The van der Waals surface area contributed by atoms with Crippen molar-refractivity contribution in [1.82, 2.24) is 9.55 Å². The van der Waals surface area contributed by atoms with Crippen molar-refractivity contribution in [2.24, 2.45) is 0 Å². The van der Waals surface area contributed by atoms with Crippen LogP contribution in [0.4, 0.5) is 0 Å². The van der Waals surface area contributed by atoms with E-state index in [1.807, 2.05) is 11.5 Å². The predicted molar refractivity (Wildman–Crippen MR) is 62.7 cm³/mol. The molecule has 1 aromatic rings. The van der Waals surface area contributed by atoms with Gasteiger partial charge >= 0.3 is 5.97 Å². The largest absolute Gasteiger partial charge is 0.466 e. The molecule has 0 saturated carbocycles. The molecular weight excluding hydrogens is 220 g/mol. The van der Waals surface area contributed by atoms with E-state index in [9.17, 15) is 9.59 Å². The lowest BCUT2D eigenvalue weighted by atomic mass is 10.2. The minimum absolute atomic E-state index is 0.0657. The molecule has 0 aliphatic rings. The monoisotopic (exact) mass is 238 g/mol. The summed E-state index contributed by atoms with van der Waals surface area (Å²) >= 11 is 0. The highest BCUT2D eigenvalue weighted by atomic mass is 16.5. The molecule has 1 aromatic heterocycles. The lowest BCUT2D eigenvalue weighted by Crippen LogP contribution is -2.11. The fraction of sp³-hybridized carbons (Fsp3) is 0.583. The number of ether oxygens (including phenoxy) is 1. The zero-order chi connectivity index (χ0) is 12.7. The maximum absolute atomic E-state index is 11.8. The molecule has 1 heterocycles. The minimum Gasteiger partial charge on any atom is -0.466 e. The van der Waals surface area contributed by atoms with Crippen molar-refractivity contribution in [1.29, 1.82) is 0 Å². The van der Waals surface area contributed by atoms with Gasteiger partial charge in [-0.15, -0.1) is 0 Å². The van der Waals surface area contributed by atoms with Gasteiger partial charge in [0.2, 0.25) is 0 Å². The van der Waals surface area contributed by atoms with E-state index in [2.05, 4.69) is 4.98 Å². The number of esters is 1. The molecule has 0 saturated heterocycles. The Morgan fingerprint density at radius 1 is 1.35 bits per heavy atom. The lowest BCUT2D eigenvalue weighted by molar-refractivity contribution is -0.143. The first-order valence-corrected chi connectivity index (χ1v) is 5.88. The van der Waals surface area contributed by atoms with Crippen molar-refractivity contribution >= 4 is 11.8 Å². The Balaban J connectivity index is 2.52. The molecule has 0 aliphatic heterocycles. The van der Waals surface area contributed by atoms with E-state index in [1.54, 1.807) is 19.4 Å². The number of Topliss-reactive ketones (excluding diaryl/α,β-unsaturated/α-hetero) is 1. The first-order chi connectivity index (χ1) is 8.19. The maximum Gasteiger partial charge on any atom is 0.306 e. The second kappa shape index (κ2) is 6.83. The fourth-order valence-electron chi connectivity index (χ4n) is 1.55. The third kappa shape index (κ3) is 4.01. The third-order valence-electron chi connectivity index (χ3n) is 2.32.